The van der Waals surface area contributed by atoms with Crippen molar-refractivity contribution in [1.82, 2.24) is 9.88 Å². The summed E-state index contributed by atoms with van der Waals surface area (Å²) in [6.07, 6.45) is 10.5. The van der Waals surface area contributed by atoms with E-state index in [-0.39, 0.29) is 0 Å². The number of nitrogens with zero attached hydrogens (tertiary/aromatic N) is 2. The molecule has 110 valence electrons. The molecule has 1 aliphatic carbocycles. The van der Waals surface area contributed by atoms with Crippen LogP contribution >= 0.6 is 0 Å². The molecule has 1 aromatic rings. The lowest BCUT2D eigenvalue weighted by atomic mass is 9.96. The van der Waals surface area contributed by atoms with Gasteiger partial charge in [0.15, 0.2) is 0 Å². The molecule has 1 aliphatic heterocycles. The van der Waals surface area contributed by atoms with Gasteiger partial charge in [0.1, 0.15) is 5.82 Å². The molecule has 3 nitrogen and oxygen atoms in total. The summed E-state index contributed by atoms with van der Waals surface area (Å²) in [6.45, 7) is 5.41. The molecule has 0 bridgehead atoms. The van der Waals surface area contributed by atoms with Crippen LogP contribution in [0.25, 0.3) is 0 Å². The van der Waals surface area contributed by atoms with Crippen molar-refractivity contribution in [2.75, 3.05) is 18.4 Å². The quantitative estimate of drug-likeness (QED) is 0.887. The molecule has 20 heavy (non-hydrogen) atoms. The van der Waals surface area contributed by atoms with Crippen LogP contribution in [0.15, 0.2) is 18.3 Å². The Kier molecular flexibility index (Phi) is 4.56. The summed E-state index contributed by atoms with van der Waals surface area (Å²) in [6, 6.07) is 5.12. The zero-order valence-corrected chi connectivity index (χ0v) is 12.6. The second-order valence-corrected chi connectivity index (χ2v) is 6.27. The molecule has 3 rings (SSSR count). The molecule has 0 radical (unpaired) electrons. The Bertz CT molecular complexity index is 426. The van der Waals surface area contributed by atoms with Crippen LogP contribution in [0.1, 0.15) is 51.0 Å². The zero-order chi connectivity index (χ0) is 13.8. The Hall–Kier alpha value is -1.09. The maximum Gasteiger partial charge on any atom is 0.130 e. The predicted octanol–water partition coefficient (Wildman–Crippen LogP) is 3.67. The van der Waals surface area contributed by atoms with E-state index in [1.807, 2.05) is 6.20 Å². The van der Waals surface area contributed by atoms with Crippen LogP contribution < -0.4 is 5.32 Å². The van der Waals surface area contributed by atoms with E-state index in [1.165, 1.54) is 50.6 Å². The number of nitrogens with one attached hydrogen (secondary N) is 1. The summed E-state index contributed by atoms with van der Waals surface area (Å²) >= 11 is 0. The summed E-state index contributed by atoms with van der Waals surface area (Å²) in [7, 11) is 0. The standard InChI is InChI=1S/C17H27N3/c1-2-18-17-15(9-5-11-19-17)13-20-12-6-10-16(20)14-7-3-4-8-14/h5,9,11,14,16H,2-4,6-8,10,12-13H2,1H3,(H,18,19). The van der Waals surface area contributed by atoms with Gasteiger partial charge in [0, 0.05) is 30.9 Å². The maximum absolute atomic E-state index is 4.50. The van der Waals surface area contributed by atoms with Gasteiger partial charge >= 0.3 is 0 Å². The number of aromatic nitrogens is 1. The van der Waals surface area contributed by atoms with E-state index in [1.54, 1.807) is 0 Å². The summed E-state index contributed by atoms with van der Waals surface area (Å²) in [5.41, 5.74) is 1.36. The van der Waals surface area contributed by atoms with Crippen LogP contribution in [-0.4, -0.2) is 29.0 Å². The number of hydrogen-bond donors (Lipinski definition) is 1. The normalized spacial score (nSPS) is 24.4. The van der Waals surface area contributed by atoms with Gasteiger partial charge in [0.25, 0.3) is 0 Å². The minimum Gasteiger partial charge on any atom is -0.370 e. The van der Waals surface area contributed by atoms with Crippen LogP contribution in [0.3, 0.4) is 0 Å². The van der Waals surface area contributed by atoms with Gasteiger partial charge in [0.2, 0.25) is 0 Å². The van der Waals surface area contributed by atoms with E-state index in [2.05, 4.69) is 34.3 Å². The summed E-state index contributed by atoms with van der Waals surface area (Å²) < 4.78 is 0. The lowest BCUT2D eigenvalue weighted by molar-refractivity contribution is 0.183. The highest BCUT2D eigenvalue weighted by Crippen LogP contribution is 2.36. The summed E-state index contributed by atoms with van der Waals surface area (Å²) in [5.74, 6) is 2.03. The molecule has 1 atom stereocenters. The highest BCUT2D eigenvalue weighted by Gasteiger charge is 2.33. The van der Waals surface area contributed by atoms with E-state index >= 15 is 0 Å². The fourth-order valence-electron chi connectivity index (χ4n) is 4.04. The molecular weight excluding hydrogens is 246 g/mol. The smallest absolute Gasteiger partial charge is 0.130 e. The molecular formula is C17H27N3. The first-order chi connectivity index (χ1) is 9.88. The Labute approximate surface area is 122 Å². The van der Waals surface area contributed by atoms with Crippen molar-refractivity contribution in [2.24, 2.45) is 5.92 Å². The SMILES string of the molecule is CCNc1ncccc1CN1CCCC1C1CCCC1. The van der Waals surface area contributed by atoms with Crippen LogP contribution in [0.2, 0.25) is 0 Å². The monoisotopic (exact) mass is 273 g/mol. The van der Waals surface area contributed by atoms with Crippen LogP contribution in [0.5, 0.6) is 0 Å². The molecule has 0 amide bonds. The lowest BCUT2D eigenvalue weighted by Gasteiger charge is -2.29. The van der Waals surface area contributed by atoms with Gasteiger partial charge in [0.05, 0.1) is 0 Å². The Morgan fingerprint density at radius 2 is 2.10 bits per heavy atom. The van der Waals surface area contributed by atoms with E-state index in [4.69, 9.17) is 0 Å². The number of rotatable bonds is 5. The molecule has 2 fully saturated rings. The van der Waals surface area contributed by atoms with E-state index < -0.39 is 0 Å². The number of pyridine rings is 1. The predicted molar refractivity (Wildman–Crippen MR) is 83.8 cm³/mol. The van der Waals surface area contributed by atoms with Crippen molar-refractivity contribution >= 4 is 5.82 Å². The first-order valence-electron chi connectivity index (χ1n) is 8.30. The van der Waals surface area contributed by atoms with E-state index in [0.717, 1.165) is 30.9 Å². The van der Waals surface area contributed by atoms with Gasteiger partial charge in [-0.05, 0) is 51.1 Å². The lowest BCUT2D eigenvalue weighted by Crippen LogP contribution is -2.34. The molecule has 1 N–H and O–H groups in total. The maximum atomic E-state index is 4.50. The van der Waals surface area contributed by atoms with Gasteiger partial charge in [-0.1, -0.05) is 18.9 Å². The minimum absolute atomic E-state index is 0.826. The van der Waals surface area contributed by atoms with Crippen molar-refractivity contribution in [2.45, 2.75) is 58.0 Å². The molecule has 1 saturated heterocycles. The van der Waals surface area contributed by atoms with Crippen molar-refractivity contribution in [3.8, 4) is 0 Å². The van der Waals surface area contributed by atoms with Gasteiger partial charge in [-0.15, -0.1) is 0 Å². The highest BCUT2D eigenvalue weighted by atomic mass is 15.2. The second-order valence-electron chi connectivity index (χ2n) is 6.27. The van der Waals surface area contributed by atoms with Crippen molar-refractivity contribution in [3.05, 3.63) is 23.9 Å². The Balaban J connectivity index is 1.69. The summed E-state index contributed by atoms with van der Waals surface area (Å²) in [5, 5.41) is 3.40. The molecule has 0 spiro atoms. The zero-order valence-electron chi connectivity index (χ0n) is 12.6. The van der Waals surface area contributed by atoms with E-state index in [9.17, 15) is 0 Å². The number of likely N-dealkylation sites (tertiary alicyclic amines) is 1. The molecule has 1 saturated carbocycles. The molecule has 3 heteroatoms. The van der Waals surface area contributed by atoms with Crippen LogP contribution in [0, 0.1) is 5.92 Å². The Morgan fingerprint density at radius 1 is 1.25 bits per heavy atom. The summed E-state index contributed by atoms with van der Waals surface area (Å²) in [4.78, 5) is 7.21. The number of anilines is 1. The third kappa shape index (κ3) is 2.98. The van der Waals surface area contributed by atoms with E-state index in [0.29, 0.717) is 0 Å². The van der Waals surface area contributed by atoms with Crippen LogP contribution in [0.4, 0.5) is 5.82 Å². The molecule has 0 aromatic carbocycles. The fourth-order valence-corrected chi connectivity index (χ4v) is 4.04. The third-order valence-electron chi connectivity index (χ3n) is 4.97. The average molecular weight is 273 g/mol. The van der Waals surface area contributed by atoms with Gasteiger partial charge in [-0.2, -0.15) is 0 Å². The molecule has 1 unspecified atom stereocenters. The topological polar surface area (TPSA) is 28.2 Å². The van der Waals surface area contributed by atoms with Gasteiger partial charge in [-0.3, -0.25) is 4.90 Å². The third-order valence-corrected chi connectivity index (χ3v) is 4.97. The van der Waals surface area contributed by atoms with Gasteiger partial charge in [-0.25, -0.2) is 4.98 Å². The molecule has 1 aromatic heterocycles. The first kappa shape index (κ1) is 13.9. The molecule has 2 aliphatic rings. The molecule has 2 heterocycles. The van der Waals surface area contributed by atoms with Crippen molar-refractivity contribution in [3.63, 3.8) is 0 Å². The highest BCUT2D eigenvalue weighted by molar-refractivity contribution is 5.43. The van der Waals surface area contributed by atoms with Crippen molar-refractivity contribution < 1.29 is 0 Å². The van der Waals surface area contributed by atoms with Crippen molar-refractivity contribution in [1.29, 1.82) is 0 Å². The average Bonchev–Trinajstić information content (AvgIpc) is 3.11. The van der Waals surface area contributed by atoms with Crippen LogP contribution in [-0.2, 0) is 6.54 Å². The number of hydrogen-bond acceptors (Lipinski definition) is 3. The first-order valence-corrected chi connectivity index (χ1v) is 8.30. The largest absolute Gasteiger partial charge is 0.370 e. The minimum atomic E-state index is 0.826. The van der Waals surface area contributed by atoms with Gasteiger partial charge < -0.3 is 5.32 Å². The second kappa shape index (κ2) is 6.57. The fraction of sp³-hybridized carbons (Fsp3) is 0.706. The Morgan fingerprint density at radius 3 is 2.90 bits per heavy atom.